The van der Waals surface area contributed by atoms with E-state index in [1.807, 2.05) is 0 Å². The summed E-state index contributed by atoms with van der Waals surface area (Å²) in [5.41, 5.74) is -4.62. The van der Waals surface area contributed by atoms with Crippen LogP contribution in [-0.4, -0.2) is 41.3 Å². The minimum absolute atomic E-state index is 0.0339. The molecule has 3 aromatic rings. The molecule has 2 fully saturated rings. The molecule has 2 aliphatic rings. The number of aromatic nitrogens is 1. The van der Waals surface area contributed by atoms with Crippen molar-refractivity contribution in [2.24, 2.45) is 0 Å². The number of hydrogen-bond acceptors (Lipinski definition) is 5. The van der Waals surface area contributed by atoms with Crippen LogP contribution >= 0.6 is 0 Å². The van der Waals surface area contributed by atoms with Crippen LogP contribution in [-0.2, 0) is 21.2 Å². The fraction of sp³-hybridized carbons (Fsp3) is 0.208. The van der Waals surface area contributed by atoms with Crippen LogP contribution in [0.1, 0.15) is 18.4 Å². The molecule has 1 aromatic heterocycles. The minimum atomic E-state index is -5.57. The van der Waals surface area contributed by atoms with Crippen molar-refractivity contribution in [3.63, 3.8) is 0 Å². The van der Waals surface area contributed by atoms with E-state index in [1.54, 1.807) is 24.4 Å². The highest BCUT2D eigenvalue weighted by molar-refractivity contribution is 7.92. The Kier molecular flexibility index (Phi) is 5.39. The molecule has 1 saturated heterocycles. The lowest BCUT2D eigenvalue weighted by atomic mass is 10.0. The van der Waals surface area contributed by atoms with Crippen molar-refractivity contribution in [2.75, 3.05) is 4.90 Å². The highest BCUT2D eigenvalue weighted by Crippen LogP contribution is 2.50. The zero-order chi connectivity index (χ0) is 25.9. The summed E-state index contributed by atoms with van der Waals surface area (Å²) >= 11 is 0. The van der Waals surface area contributed by atoms with Gasteiger partial charge in [-0.3, -0.25) is 9.78 Å². The smallest absolute Gasteiger partial charge is 0.305 e. The molecule has 1 aliphatic carbocycles. The lowest BCUT2D eigenvalue weighted by Crippen LogP contribution is -2.36. The van der Waals surface area contributed by atoms with Gasteiger partial charge in [0.1, 0.15) is 11.4 Å². The second-order valence-electron chi connectivity index (χ2n) is 8.52. The number of amides is 3. The molecule has 0 bridgehead atoms. The maximum atomic E-state index is 13.4. The predicted molar refractivity (Wildman–Crippen MR) is 120 cm³/mol. The van der Waals surface area contributed by atoms with Crippen LogP contribution < -0.4 is 4.90 Å². The third-order valence-electron chi connectivity index (χ3n) is 6.37. The molecule has 1 spiro atoms. The predicted octanol–water partition coefficient (Wildman–Crippen LogP) is 4.68. The Hall–Kier alpha value is -3.80. The number of benzene rings is 2. The summed E-state index contributed by atoms with van der Waals surface area (Å²) < 4.78 is 75.2. The first kappa shape index (κ1) is 23.9. The topological polar surface area (TPSA) is 87.7 Å². The summed E-state index contributed by atoms with van der Waals surface area (Å²) in [6, 6.07) is 10.2. The van der Waals surface area contributed by atoms with Gasteiger partial charge in [-0.05, 0) is 66.4 Å². The molecular weight excluding hydrogens is 502 g/mol. The van der Waals surface area contributed by atoms with Crippen molar-refractivity contribution < 1.29 is 35.6 Å². The average molecular weight is 519 g/mol. The first-order valence-corrected chi connectivity index (χ1v) is 12.2. The van der Waals surface area contributed by atoms with Gasteiger partial charge >= 0.3 is 11.5 Å². The lowest BCUT2D eigenvalue weighted by molar-refractivity contribution is -0.120. The number of carbonyl (C=O) groups excluding carboxylic acids is 2. The van der Waals surface area contributed by atoms with Gasteiger partial charge in [0.15, 0.2) is 0 Å². The SMILES string of the molecule is O=C1N(c2ccc(S(=O)(=O)C(F)(F)F)cc2)C(=O)C2(CC2)N1Cc1ccncc1-c1ccc(F)cc1. The zero-order valence-electron chi connectivity index (χ0n) is 18.4. The van der Waals surface area contributed by atoms with E-state index in [2.05, 4.69) is 4.98 Å². The number of pyridine rings is 1. The van der Waals surface area contributed by atoms with E-state index in [0.717, 1.165) is 29.2 Å². The number of imide groups is 1. The van der Waals surface area contributed by atoms with Gasteiger partial charge in [0.05, 0.1) is 10.6 Å². The molecule has 0 radical (unpaired) electrons. The Balaban J connectivity index is 1.46. The molecule has 186 valence electrons. The van der Waals surface area contributed by atoms with Crippen molar-refractivity contribution in [1.29, 1.82) is 0 Å². The largest absolute Gasteiger partial charge is 0.501 e. The van der Waals surface area contributed by atoms with E-state index in [4.69, 9.17) is 0 Å². The molecule has 1 saturated carbocycles. The highest BCUT2D eigenvalue weighted by Gasteiger charge is 2.65. The molecule has 3 amide bonds. The average Bonchev–Trinajstić information content (AvgIpc) is 3.61. The van der Waals surface area contributed by atoms with E-state index >= 15 is 0 Å². The number of sulfone groups is 1. The molecule has 5 rings (SSSR count). The molecule has 12 heteroatoms. The molecule has 0 N–H and O–H groups in total. The van der Waals surface area contributed by atoms with Crippen LogP contribution in [0.5, 0.6) is 0 Å². The third kappa shape index (κ3) is 3.72. The van der Waals surface area contributed by atoms with E-state index in [0.29, 0.717) is 29.5 Å². The van der Waals surface area contributed by atoms with Gasteiger partial charge in [0.25, 0.3) is 15.7 Å². The monoisotopic (exact) mass is 519 g/mol. The van der Waals surface area contributed by atoms with Crippen LogP contribution in [0, 0.1) is 5.82 Å². The Bertz CT molecular complexity index is 1470. The van der Waals surface area contributed by atoms with Gasteiger partial charge in [0.2, 0.25) is 0 Å². The third-order valence-corrected chi connectivity index (χ3v) is 7.87. The Morgan fingerprint density at radius 2 is 1.58 bits per heavy atom. The maximum Gasteiger partial charge on any atom is 0.501 e. The standard InChI is InChI=1S/C24H17F4N3O4S/c25-17-3-1-15(2-4-17)20-13-29-12-9-16(20)14-30-22(33)31(21(32)23(30)10-11-23)18-5-7-19(8-6-18)36(34,35)24(26,27)28/h1-9,12-13H,10-11,14H2. The summed E-state index contributed by atoms with van der Waals surface area (Å²) in [4.78, 5) is 32.0. The number of anilines is 1. The van der Waals surface area contributed by atoms with Crippen LogP contribution in [0.2, 0.25) is 0 Å². The van der Waals surface area contributed by atoms with Gasteiger partial charge in [-0.15, -0.1) is 0 Å². The second-order valence-corrected chi connectivity index (χ2v) is 10.5. The normalized spacial score (nSPS) is 17.2. The van der Waals surface area contributed by atoms with Gasteiger partial charge in [-0.2, -0.15) is 13.2 Å². The van der Waals surface area contributed by atoms with Crippen molar-refractivity contribution in [1.82, 2.24) is 9.88 Å². The quantitative estimate of drug-likeness (QED) is 0.361. The lowest BCUT2D eigenvalue weighted by Gasteiger charge is -2.23. The minimum Gasteiger partial charge on any atom is -0.305 e. The van der Waals surface area contributed by atoms with Gasteiger partial charge < -0.3 is 4.90 Å². The number of carbonyl (C=O) groups is 2. The summed E-state index contributed by atoms with van der Waals surface area (Å²) in [7, 11) is -5.57. The second kappa shape index (κ2) is 8.12. The number of halogens is 4. The highest BCUT2D eigenvalue weighted by atomic mass is 32.2. The van der Waals surface area contributed by atoms with E-state index in [1.165, 1.54) is 23.2 Å². The first-order chi connectivity index (χ1) is 17.0. The van der Waals surface area contributed by atoms with E-state index < -0.39 is 43.5 Å². The van der Waals surface area contributed by atoms with Gasteiger partial charge in [0, 0.05) is 24.5 Å². The number of nitrogens with zero attached hydrogens (tertiary/aromatic N) is 3. The molecular formula is C24H17F4N3O4S. The molecule has 1 aliphatic heterocycles. The van der Waals surface area contributed by atoms with E-state index in [9.17, 15) is 35.6 Å². The molecule has 7 nitrogen and oxygen atoms in total. The Morgan fingerprint density at radius 3 is 2.17 bits per heavy atom. The van der Waals surface area contributed by atoms with Gasteiger partial charge in [-0.1, -0.05) is 12.1 Å². The molecule has 2 heterocycles. The van der Waals surface area contributed by atoms with Crippen molar-refractivity contribution in [3.8, 4) is 11.1 Å². The molecule has 0 atom stereocenters. The van der Waals surface area contributed by atoms with Crippen molar-refractivity contribution in [3.05, 3.63) is 78.4 Å². The molecule has 2 aromatic carbocycles. The zero-order valence-corrected chi connectivity index (χ0v) is 19.2. The summed E-state index contributed by atoms with van der Waals surface area (Å²) in [6.45, 7) is 0.0385. The van der Waals surface area contributed by atoms with Crippen LogP contribution in [0.3, 0.4) is 0 Å². The van der Waals surface area contributed by atoms with Crippen LogP contribution in [0.15, 0.2) is 71.9 Å². The molecule has 36 heavy (non-hydrogen) atoms. The number of hydrogen-bond donors (Lipinski definition) is 0. The summed E-state index contributed by atoms with van der Waals surface area (Å²) in [6.07, 6.45) is 3.92. The van der Waals surface area contributed by atoms with Gasteiger partial charge in [-0.25, -0.2) is 22.5 Å². The fourth-order valence-electron chi connectivity index (χ4n) is 4.29. The maximum absolute atomic E-state index is 13.4. The van der Waals surface area contributed by atoms with Crippen molar-refractivity contribution in [2.45, 2.75) is 35.3 Å². The Morgan fingerprint density at radius 1 is 0.944 bits per heavy atom. The number of rotatable bonds is 5. The molecule has 0 unspecified atom stereocenters. The number of alkyl halides is 3. The summed E-state index contributed by atoms with van der Waals surface area (Å²) in [5, 5.41) is 0. The summed E-state index contributed by atoms with van der Waals surface area (Å²) in [5.74, 6) is -0.942. The fourth-order valence-corrected chi connectivity index (χ4v) is 5.05. The first-order valence-electron chi connectivity index (χ1n) is 10.7. The van der Waals surface area contributed by atoms with Crippen molar-refractivity contribution >= 4 is 27.5 Å². The number of urea groups is 1. The van der Waals surface area contributed by atoms with Crippen LogP contribution in [0.4, 0.5) is 28.0 Å². The van der Waals surface area contributed by atoms with Crippen LogP contribution in [0.25, 0.3) is 11.1 Å². The van der Waals surface area contributed by atoms with E-state index in [-0.39, 0.29) is 12.2 Å². The Labute approximate surface area is 202 Å².